The molecule has 1 aliphatic heterocycles. The Morgan fingerprint density at radius 2 is 2.24 bits per heavy atom. The van der Waals surface area contributed by atoms with Crippen LogP contribution >= 0.6 is 11.6 Å². The molecule has 0 aromatic carbocycles. The number of likely N-dealkylation sites (tertiary alicyclic amines) is 1. The van der Waals surface area contributed by atoms with Gasteiger partial charge in [-0.25, -0.2) is 4.98 Å². The van der Waals surface area contributed by atoms with Crippen LogP contribution in [-0.4, -0.2) is 34.9 Å². The predicted octanol–water partition coefficient (Wildman–Crippen LogP) is 1.23. The normalized spacial score (nSPS) is 17.2. The highest BCUT2D eigenvalue weighted by molar-refractivity contribution is 6.29. The Hall–Kier alpha value is -1.13. The Balaban J connectivity index is 1.96. The maximum absolute atomic E-state index is 12.0. The molecule has 0 bridgehead atoms. The van der Waals surface area contributed by atoms with E-state index in [-0.39, 0.29) is 5.91 Å². The fourth-order valence-corrected chi connectivity index (χ4v) is 2.28. The van der Waals surface area contributed by atoms with Gasteiger partial charge in [-0.1, -0.05) is 11.6 Å². The molecule has 5 heteroatoms. The molecule has 17 heavy (non-hydrogen) atoms. The maximum atomic E-state index is 12.0. The van der Waals surface area contributed by atoms with Gasteiger partial charge in [0.15, 0.2) is 0 Å². The first kappa shape index (κ1) is 12.3. The van der Waals surface area contributed by atoms with Crippen molar-refractivity contribution in [2.75, 3.05) is 13.1 Å². The number of carbonyl (C=O) groups excluding carboxylic acids is 1. The fourth-order valence-electron chi connectivity index (χ4n) is 2.08. The van der Waals surface area contributed by atoms with Gasteiger partial charge in [-0.2, -0.15) is 0 Å². The van der Waals surface area contributed by atoms with Gasteiger partial charge in [0, 0.05) is 19.3 Å². The summed E-state index contributed by atoms with van der Waals surface area (Å²) < 4.78 is 0. The maximum Gasteiger partial charge on any atom is 0.239 e. The molecule has 0 aliphatic carbocycles. The first-order valence-corrected chi connectivity index (χ1v) is 6.19. The number of rotatable bonds is 3. The molecule has 0 radical (unpaired) electrons. The quantitative estimate of drug-likeness (QED) is 0.825. The van der Waals surface area contributed by atoms with E-state index in [1.54, 1.807) is 12.3 Å². The summed E-state index contributed by atoms with van der Waals surface area (Å²) in [6, 6.07) is 3.10. The number of nitrogens with zero attached hydrogens (tertiary/aromatic N) is 2. The third-order valence-electron chi connectivity index (χ3n) is 2.98. The van der Waals surface area contributed by atoms with Crippen LogP contribution in [0.4, 0.5) is 0 Å². The minimum atomic E-state index is -0.480. The number of nitrogens with two attached hydrogens (primary N) is 1. The van der Waals surface area contributed by atoms with E-state index in [1.807, 2.05) is 11.0 Å². The van der Waals surface area contributed by atoms with Crippen molar-refractivity contribution in [3.05, 3.63) is 29.0 Å². The van der Waals surface area contributed by atoms with E-state index < -0.39 is 6.04 Å². The van der Waals surface area contributed by atoms with Crippen molar-refractivity contribution in [1.29, 1.82) is 0 Å². The summed E-state index contributed by atoms with van der Waals surface area (Å²) in [6.45, 7) is 1.67. The van der Waals surface area contributed by atoms with Gasteiger partial charge in [0.2, 0.25) is 5.91 Å². The molecule has 4 nitrogen and oxygen atoms in total. The molecule has 1 aromatic heterocycles. The molecule has 0 saturated carbocycles. The fraction of sp³-hybridized carbons (Fsp3) is 0.500. The van der Waals surface area contributed by atoms with Gasteiger partial charge in [-0.05, 0) is 37.0 Å². The van der Waals surface area contributed by atoms with Crippen molar-refractivity contribution < 1.29 is 4.79 Å². The topological polar surface area (TPSA) is 59.2 Å². The number of amides is 1. The Bertz CT molecular complexity index is 404. The van der Waals surface area contributed by atoms with Crippen molar-refractivity contribution in [1.82, 2.24) is 9.88 Å². The van der Waals surface area contributed by atoms with Gasteiger partial charge in [-0.3, -0.25) is 4.79 Å². The van der Waals surface area contributed by atoms with Crippen molar-refractivity contribution in [2.45, 2.75) is 25.3 Å². The smallest absolute Gasteiger partial charge is 0.239 e. The van der Waals surface area contributed by atoms with Gasteiger partial charge in [0.05, 0.1) is 6.04 Å². The van der Waals surface area contributed by atoms with E-state index in [9.17, 15) is 4.79 Å². The molecule has 2 rings (SSSR count). The summed E-state index contributed by atoms with van der Waals surface area (Å²) in [6.07, 6.45) is 4.31. The highest BCUT2D eigenvalue weighted by Crippen LogP contribution is 2.12. The van der Waals surface area contributed by atoms with Gasteiger partial charge in [0.25, 0.3) is 0 Å². The zero-order valence-electron chi connectivity index (χ0n) is 9.60. The van der Waals surface area contributed by atoms with Crippen LogP contribution in [0.15, 0.2) is 18.3 Å². The number of aromatic nitrogens is 1. The number of halogens is 1. The molecule has 92 valence electrons. The second-order valence-electron chi connectivity index (χ2n) is 4.33. The third-order valence-corrected chi connectivity index (χ3v) is 3.19. The number of carbonyl (C=O) groups is 1. The zero-order valence-corrected chi connectivity index (χ0v) is 10.4. The number of pyridine rings is 1. The van der Waals surface area contributed by atoms with Crippen LogP contribution < -0.4 is 5.73 Å². The van der Waals surface area contributed by atoms with E-state index in [4.69, 9.17) is 17.3 Å². The summed E-state index contributed by atoms with van der Waals surface area (Å²) in [4.78, 5) is 17.7. The first-order valence-electron chi connectivity index (χ1n) is 5.81. The molecule has 1 amide bonds. The Morgan fingerprint density at radius 3 is 2.88 bits per heavy atom. The lowest BCUT2D eigenvalue weighted by molar-refractivity contribution is -0.131. The molecule has 2 heterocycles. The van der Waals surface area contributed by atoms with E-state index in [2.05, 4.69) is 4.98 Å². The minimum absolute atomic E-state index is 0.0374. The van der Waals surface area contributed by atoms with E-state index in [0.29, 0.717) is 11.6 Å². The van der Waals surface area contributed by atoms with Crippen molar-refractivity contribution >= 4 is 17.5 Å². The molecule has 1 saturated heterocycles. The lowest BCUT2D eigenvalue weighted by atomic mass is 10.1. The molecule has 0 unspecified atom stereocenters. The summed E-state index contributed by atoms with van der Waals surface area (Å²) in [5, 5.41) is 0.434. The highest BCUT2D eigenvalue weighted by atomic mass is 35.5. The molecular weight excluding hydrogens is 238 g/mol. The third kappa shape index (κ3) is 3.17. The van der Waals surface area contributed by atoms with Crippen LogP contribution in [0, 0.1) is 0 Å². The van der Waals surface area contributed by atoms with E-state index in [1.165, 1.54) is 0 Å². The van der Waals surface area contributed by atoms with Gasteiger partial charge in [0.1, 0.15) is 5.15 Å². The van der Waals surface area contributed by atoms with Crippen LogP contribution in [0.25, 0.3) is 0 Å². The Labute approximate surface area is 106 Å². The minimum Gasteiger partial charge on any atom is -0.341 e. The predicted molar refractivity (Wildman–Crippen MR) is 66.7 cm³/mol. The lowest BCUT2D eigenvalue weighted by Crippen LogP contribution is -2.43. The second kappa shape index (κ2) is 5.47. The molecular formula is C12H16ClN3O. The second-order valence-corrected chi connectivity index (χ2v) is 4.72. The Kier molecular flexibility index (Phi) is 3.97. The molecule has 1 atom stereocenters. The summed E-state index contributed by atoms with van der Waals surface area (Å²) in [5.41, 5.74) is 6.87. The van der Waals surface area contributed by atoms with Crippen molar-refractivity contribution in [3.63, 3.8) is 0 Å². The standard InChI is InChI=1S/C12H16ClN3O/c13-11-8-9(3-4-15-11)7-10(14)12(17)16-5-1-2-6-16/h3-4,8,10H,1-2,5-7,14H2/t10-/m1/s1. The Morgan fingerprint density at radius 1 is 1.53 bits per heavy atom. The summed E-state index contributed by atoms with van der Waals surface area (Å²) in [5.74, 6) is 0.0374. The van der Waals surface area contributed by atoms with Crippen LogP contribution in [0.1, 0.15) is 18.4 Å². The van der Waals surface area contributed by atoms with Crippen molar-refractivity contribution in [3.8, 4) is 0 Å². The largest absolute Gasteiger partial charge is 0.341 e. The molecule has 0 spiro atoms. The summed E-state index contributed by atoms with van der Waals surface area (Å²) in [7, 11) is 0. The summed E-state index contributed by atoms with van der Waals surface area (Å²) >= 11 is 5.79. The van der Waals surface area contributed by atoms with Crippen LogP contribution in [0.2, 0.25) is 5.15 Å². The molecule has 1 aliphatic rings. The lowest BCUT2D eigenvalue weighted by Gasteiger charge is -2.20. The van der Waals surface area contributed by atoms with Gasteiger partial charge in [-0.15, -0.1) is 0 Å². The monoisotopic (exact) mass is 253 g/mol. The average molecular weight is 254 g/mol. The van der Waals surface area contributed by atoms with E-state index in [0.717, 1.165) is 31.5 Å². The molecule has 1 aromatic rings. The van der Waals surface area contributed by atoms with Crippen LogP contribution in [0.3, 0.4) is 0 Å². The number of hydrogen-bond donors (Lipinski definition) is 1. The molecule has 2 N–H and O–H groups in total. The van der Waals surface area contributed by atoms with Crippen molar-refractivity contribution in [2.24, 2.45) is 5.73 Å². The van der Waals surface area contributed by atoms with Gasteiger partial charge < -0.3 is 10.6 Å². The SMILES string of the molecule is N[C@H](Cc1ccnc(Cl)c1)C(=O)N1CCCC1. The highest BCUT2D eigenvalue weighted by Gasteiger charge is 2.23. The van der Waals surface area contributed by atoms with E-state index >= 15 is 0 Å². The first-order chi connectivity index (χ1) is 8.16. The average Bonchev–Trinajstić information content (AvgIpc) is 2.81. The van der Waals surface area contributed by atoms with Crippen LogP contribution in [-0.2, 0) is 11.2 Å². The van der Waals surface area contributed by atoms with Gasteiger partial charge >= 0.3 is 0 Å². The number of hydrogen-bond acceptors (Lipinski definition) is 3. The zero-order chi connectivity index (χ0) is 12.3. The van der Waals surface area contributed by atoms with Crippen LogP contribution in [0.5, 0.6) is 0 Å². The molecule has 1 fully saturated rings.